The van der Waals surface area contributed by atoms with Crippen molar-refractivity contribution in [3.63, 3.8) is 0 Å². The van der Waals surface area contributed by atoms with E-state index in [2.05, 4.69) is 13.2 Å². The van der Waals surface area contributed by atoms with Crippen molar-refractivity contribution in [3.8, 4) is 28.4 Å². The maximum atomic E-state index is 13.7. The number of cyclic esters (lactones) is 1. The Hall–Kier alpha value is -6.33. The Kier molecular flexibility index (Phi) is 12.2. The number of carbonyl (C=O) groups excluding carboxylic acids is 4. The summed E-state index contributed by atoms with van der Waals surface area (Å²) in [4.78, 5) is 53.4. The van der Waals surface area contributed by atoms with Crippen molar-refractivity contribution in [2.24, 2.45) is 0 Å². The normalized spacial score (nSPS) is 20.2. The van der Waals surface area contributed by atoms with E-state index in [4.69, 9.17) is 59.0 Å². The number of fused-ring (bicyclic) bond motifs is 3. The molecular weight excluding hydrogens is 796 g/mol. The third kappa shape index (κ3) is 8.33. The lowest BCUT2D eigenvalue weighted by Gasteiger charge is -2.43. The first-order valence-electron chi connectivity index (χ1n) is 18.2. The number of aliphatic hydroxyl groups excluding tert-OH is 2. The molecule has 0 bridgehead atoms. The number of ether oxygens (including phenoxy) is 10. The van der Waals surface area contributed by atoms with Crippen LogP contribution in [0.2, 0.25) is 5.02 Å². The minimum absolute atomic E-state index is 0.00216. The first kappa shape index (κ1) is 40.9. The molecule has 4 aromatic rings. The zero-order valence-corrected chi connectivity index (χ0v) is 32.1. The molecule has 0 spiro atoms. The second kappa shape index (κ2) is 17.7. The molecule has 2 N–H and O–H groups in total. The van der Waals surface area contributed by atoms with Crippen molar-refractivity contribution in [2.45, 2.75) is 57.5 Å². The molecule has 0 amide bonds. The van der Waals surface area contributed by atoms with Crippen LogP contribution < -0.4 is 14.2 Å². The van der Waals surface area contributed by atoms with Gasteiger partial charge >= 0.3 is 24.2 Å². The molecule has 0 radical (unpaired) electrons. The molecule has 0 aromatic heterocycles. The molecule has 59 heavy (non-hydrogen) atoms. The predicted octanol–water partition coefficient (Wildman–Crippen LogP) is 6.31. The van der Waals surface area contributed by atoms with Gasteiger partial charge in [0.2, 0.25) is 19.2 Å². The zero-order valence-electron chi connectivity index (χ0n) is 31.4. The van der Waals surface area contributed by atoms with E-state index in [0.717, 1.165) is 0 Å². The summed E-state index contributed by atoms with van der Waals surface area (Å²) in [6.07, 6.45) is -7.54. The van der Waals surface area contributed by atoms with E-state index in [1.54, 1.807) is 30.3 Å². The van der Waals surface area contributed by atoms with Crippen molar-refractivity contribution in [3.05, 3.63) is 113 Å². The van der Waals surface area contributed by atoms with Gasteiger partial charge in [-0.2, -0.15) is 0 Å². The summed E-state index contributed by atoms with van der Waals surface area (Å²) in [6.45, 7) is 6.83. The number of esters is 2. The molecule has 1 fully saturated rings. The maximum Gasteiger partial charge on any atom is 0.509 e. The number of rotatable bonds is 13. The van der Waals surface area contributed by atoms with E-state index < -0.39 is 68.2 Å². The Bertz CT molecular complexity index is 2310. The predicted molar refractivity (Wildman–Crippen MR) is 205 cm³/mol. The Morgan fingerprint density at radius 3 is 2.10 bits per heavy atom. The lowest BCUT2D eigenvalue weighted by Crippen LogP contribution is -2.62. The highest BCUT2D eigenvalue weighted by atomic mass is 35.5. The largest absolute Gasteiger partial charge is 0.509 e. The molecule has 0 saturated carbocycles. The summed E-state index contributed by atoms with van der Waals surface area (Å²) in [5, 5.41) is 21.8. The highest BCUT2D eigenvalue weighted by Gasteiger charge is 2.53. The molecule has 3 heterocycles. The SMILES string of the molecule is C=CCOC(=O)O[C@H]1[C@H](OC(=O)c2ccc(Cl)cc2)[C@@H](OC(=O)OCC=C)C(Oc2c3c(c(-c4ccc5c(c4)OCO5)c4cc(CO)c(CO)cc24)C(=O)OC3)O[C@@H]1C. The Morgan fingerprint density at radius 1 is 0.797 bits per heavy atom. The molecule has 3 aliphatic heterocycles. The lowest BCUT2D eigenvalue weighted by molar-refractivity contribution is -0.270. The molecule has 7 rings (SSSR count). The average molecular weight is 833 g/mol. The monoisotopic (exact) mass is 832 g/mol. The minimum Gasteiger partial charge on any atom is -0.460 e. The third-order valence-corrected chi connectivity index (χ3v) is 9.87. The summed E-state index contributed by atoms with van der Waals surface area (Å²) in [7, 11) is 0. The van der Waals surface area contributed by atoms with E-state index in [-0.39, 0.29) is 49.1 Å². The fraction of sp³-hybridized carbons (Fsp3) is 0.286. The lowest BCUT2D eigenvalue weighted by atomic mass is 9.87. The third-order valence-electron chi connectivity index (χ3n) is 9.62. The van der Waals surface area contributed by atoms with Gasteiger partial charge < -0.3 is 57.6 Å². The highest BCUT2D eigenvalue weighted by Crippen LogP contribution is 2.48. The van der Waals surface area contributed by atoms with Gasteiger partial charge in [-0.15, -0.1) is 0 Å². The van der Waals surface area contributed by atoms with Gasteiger partial charge in [-0.25, -0.2) is 19.2 Å². The molecular formula is C42H37ClO16. The van der Waals surface area contributed by atoms with Gasteiger partial charge in [-0.05, 0) is 77.5 Å². The van der Waals surface area contributed by atoms with Crippen LogP contribution in [0.5, 0.6) is 17.2 Å². The van der Waals surface area contributed by atoms with Gasteiger partial charge in [-0.1, -0.05) is 43.0 Å². The zero-order chi connectivity index (χ0) is 41.8. The topological polar surface area (TPSA) is 201 Å². The Morgan fingerprint density at radius 2 is 1.44 bits per heavy atom. The van der Waals surface area contributed by atoms with Crippen molar-refractivity contribution in [1.29, 1.82) is 0 Å². The minimum atomic E-state index is -1.75. The van der Waals surface area contributed by atoms with Crippen LogP contribution >= 0.6 is 11.6 Å². The number of carbonyl (C=O) groups is 4. The van der Waals surface area contributed by atoms with Crippen LogP contribution in [-0.2, 0) is 53.0 Å². The molecule has 16 nitrogen and oxygen atoms in total. The number of aliphatic hydroxyl groups is 2. The number of hydrogen-bond acceptors (Lipinski definition) is 16. The van der Waals surface area contributed by atoms with Gasteiger partial charge in [-0.3, -0.25) is 0 Å². The van der Waals surface area contributed by atoms with Crippen LogP contribution in [0.4, 0.5) is 9.59 Å². The highest BCUT2D eigenvalue weighted by molar-refractivity contribution is 6.30. The van der Waals surface area contributed by atoms with Crippen molar-refractivity contribution in [2.75, 3.05) is 20.0 Å². The van der Waals surface area contributed by atoms with Gasteiger partial charge in [0.05, 0.1) is 24.3 Å². The average Bonchev–Trinajstić information content (AvgIpc) is 3.87. The summed E-state index contributed by atoms with van der Waals surface area (Å²) in [5.41, 5.74) is 2.02. The Balaban J connectivity index is 1.38. The fourth-order valence-corrected chi connectivity index (χ4v) is 7.05. The van der Waals surface area contributed by atoms with Crippen LogP contribution in [0.1, 0.15) is 44.3 Å². The van der Waals surface area contributed by atoms with Gasteiger partial charge in [0, 0.05) is 21.5 Å². The summed E-state index contributed by atoms with van der Waals surface area (Å²) in [5.74, 6) is -0.691. The van der Waals surface area contributed by atoms with Crippen molar-refractivity contribution >= 4 is 46.6 Å². The van der Waals surface area contributed by atoms with Gasteiger partial charge in [0.1, 0.15) is 31.7 Å². The first-order chi connectivity index (χ1) is 28.5. The second-order valence-electron chi connectivity index (χ2n) is 13.3. The van der Waals surface area contributed by atoms with Gasteiger partial charge in [0.25, 0.3) is 0 Å². The molecule has 1 saturated heterocycles. The molecule has 1 unspecified atom stereocenters. The second-order valence-corrected chi connectivity index (χ2v) is 13.7. The van der Waals surface area contributed by atoms with Crippen LogP contribution in [0.25, 0.3) is 21.9 Å². The van der Waals surface area contributed by atoms with E-state index >= 15 is 0 Å². The number of halogens is 1. The summed E-state index contributed by atoms with van der Waals surface area (Å²) >= 11 is 6.05. The molecule has 4 aromatic carbocycles. The van der Waals surface area contributed by atoms with Crippen molar-refractivity contribution in [1.82, 2.24) is 0 Å². The van der Waals surface area contributed by atoms with Crippen molar-refractivity contribution < 1.29 is 76.8 Å². The molecule has 308 valence electrons. The quantitative estimate of drug-likeness (QED) is 0.0862. The van der Waals surface area contributed by atoms with E-state index in [0.29, 0.717) is 49.5 Å². The van der Waals surface area contributed by atoms with E-state index in [1.807, 2.05) is 0 Å². The summed E-state index contributed by atoms with van der Waals surface area (Å²) in [6, 6.07) is 14.0. The Labute approximate surface area is 341 Å². The fourth-order valence-electron chi connectivity index (χ4n) is 6.93. The van der Waals surface area contributed by atoms with Crippen LogP contribution in [0.3, 0.4) is 0 Å². The molecule has 5 atom stereocenters. The summed E-state index contributed by atoms with van der Waals surface area (Å²) < 4.78 is 57.1. The van der Waals surface area contributed by atoms with Crippen LogP contribution in [0, 0.1) is 0 Å². The molecule has 0 aliphatic carbocycles. The van der Waals surface area contributed by atoms with E-state index in [9.17, 15) is 29.4 Å². The maximum absolute atomic E-state index is 13.7. The molecule has 3 aliphatic rings. The van der Waals surface area contributed by atoms with Gasteiger partial charge in [0.15, 0.2) is 23.7 Å². The molecule has 17 heteroatoms. The number of hydrogen-bond donors (Lipinski definition) is 2. The van der Waals surface area contributed by atoms with Crippen LogP contribution in [-0.4, -0.2) is 85.2 Å². The standard InChI is InChI=1S/C42H37ClO16/c1-4-12-50-41(48)58-34-21(3)55-40(37(59-42(49)51-13-5-2)36(34)56-38(46)22-6-9-26(43)10-7-22)57-35-28-15-25(18-45)24(17-44)14-27(28)32(33-29(35)19-52-39(33)47)23-8-11-30-31(16-23)54-20-53-30/h4-11,14-16,21,34,36-37,40,44-45H,1-2,12-13,17-20H2,3H3/t21-,34-,36+,37-,40?/m1/s1. The van der Waals surface area contributed by atoms with Crippen LogP contribution in [0.15, 0.2) is 79.9 Å². The number of benzene rings is 4. The van der Waals surface area contributed by atoms with E-state index in [1.165, 1.54) is 43.3 Å². The smallest absolute Gasteiger partial charge is 0.460 e. The first-order valence-corrected chi connectivity index (χ1v) is 18.5.